The van der Waals surface area contributed by atoms with Crippen molar-refractivity contribution in [3.05, 3.63) is 12.0 Å². The fraction of sp³-hybridized carbons (Fsp3) is 0.750. The summed E-state index contributed by atoms with van der Waals surface area (Å²) < 4.78 is 28.3. The Morgan fingerprint density at radius 3 is 2.45 bits per heavy atom. The lowest BCUT2D eigenvalue weighted by molar-refractivity contribution is 0.151. The second-order valence-electron chi connectivity index (χ2n) is 4.88. The van der Waals surface area contributed by atoms with Gasteiger partial charge in [0.15, 0.2) is 5.03 Å². The quantitative estimate of drug-likeness (QED) is 0.794. The zero-order valence-electron chi connectivity index (χ0n) is 12.0. The summed E-state index contributed by atoms with van der Waals surface area (Å²) in [6.45, 7) is 7.35. The fourth-order valence-corrected chi connectivity index (χ4v) is 3.81. The molecule has 1 aliphatic rings. The maximum absolute atomic E-state index is 12.5. The first-order valence-electron chi connectivity index (χ1n) is 6.86. The second-order valence-corrected chi connectivity index (χ2v) is 6.77. The van der Waals surface area contributed by atoms with E-state index in [0.717, 1.165) is 0 Å². The van der Waals surface area contributed by atoms with E-state index in [4.69, 9.17) is 5.11 Å². The molecule has 114 valence electrons. The molecule has 2 heterocycles. The molecule has 8 heteroatoms. The number of aliphatic hydroxyl groups is 1. The number of aliphatic hydroxyl groups excluding tert-OH is 1. The standard InChI is InChI=1S/C12H22N4O3S/c1-3-15-10-12(13-11(15)2)20(18,19)16-6-4-14(5-7-16)8-9-17/h10,17H,3-9H2,1-2H3. The number of nitrogens with zero attached hydrogens (tertiary/aromatic N) is 4. The highest BCUT2D eigenvalue weighted by molar-refractivity contribution is 7.89. The number of β-amino-alcohol motifs (C(OH)–C–C–N with tert-alkyl or cyclic N) is 1. The van der Waals surface area contributed by atoms with E-state index < -0.39 is 10.0 Å². The monoisotopic (exact) mass is 302 g/mol. The van der Waals surface area contributed by atoms with Crippen LogP contribution in [0.2, 0.25) is 0 Å². The van der Waals surface area contributed by atoms with Crippen LogP contribution in [-0.4, -0.2) is 71.6 Å². The average Bonchev–Trinajstić information content (AvgIpc) is 2.82. The lowest BCUT2D eigenvalue weighted by Crippen LogP contribution is -2.49. The molecular weight excluding hydrogens is 280 g/mol. The Labute approximate surface area is 119 Å². The summed E-state index contributed by atoms with van der Waals surface area (Å²) >= 11 is 0. The Morgan fingerprint density at radius 2 is 1.95 bits per heavy atom. The van der Waals surface area contributed by atoms with Gasteiger partial charge < -0.3 is 9.67 Å². The molecule has 20 heavy (non-hydrogen) atoms. The van der Waals surface area contributed by atoms with Crippen molar-refractivity contribution < 1.29 is 13.5 Å². The molecule has 0 aliphatic carbocycles. The normalized spacial score (nSPS) is 18.6. The van der Waals surface area contributed by atoms with Crippen molar-refractivity contribution in [1.29, 1.82) is 0 Å². The Balaban J connectivity index is 2.11. The van der Waals surface area contributed by atoms with Crippen molar-refractivity contribution in [1.82, 2.24) is 18.8 Å². The van der Waals surface area contributed by atoms with Crippen LogP contribution in [0.1, 0.15) is 12.7 Å². The maximum Gasteiger partial charge on any atom is 0.262 e. The van der Waals surface area contributed by atoms with Crippen LogP contribution < -0.4 is 0 Å². The molecule has 0 bridgehead atoms. The first-order valence-corrected chi connectivity index (χ1v) is 8.30. The molecule has 7 nitrogen and oxygen atoms in total. The Bertz CT molecular complexity index is 547. The molecule has 0 saturated carbocycles. The SMILES string of the molecule is CCn1cc(S(=O)(=O)N2CCN(CCO)CC2)nc1C. The summed E-state index contributed by atoms with van der Waals surface area (Å²) in [5.41, 5.74) is 0. The van der Waals surface area contributed by atoms with Crippen molar-refractivity contribution in [3.8, 4) is 0 Å². The number of sulfonamides is 1. The number of rotatable bonds is 5. The van der Waals surface area contributed by atoms with E-state index >= 15 is 0 Å². The summed E-state index contributed by atoms with van der Waals surface area (Å²) in [4.78, 5) is 6.22. The van der Waals surface area contributed by atoms with Crippen molar-refractivity contribution in [3.63, 3.8) is 0 Å². The average molecular weight is 302 g/mol. The number of piperazine rings is 1. The van der Waals surface area contributed by atoms with Crippen molar-refractivity contribution in [2.24, 2.45) is 0 Å². The molecule has 2 rings (SSSR count). The molecule has 1 saturated heterocycles. The van der Waals surface area contributed by atoms with Gasteiger partial charge in [-0.25, -0.2) is 13.4 Å². The van der Waals surface area contributed by atoms with E-state index in [9.17, 15) is 8.42 Å². The van der Waals surface area contributed by atoms with Gasteiger partial charge in [0.25, 0.3) is 10.0 Å². The topological polar surface area (TPSA) is 78.7 Å². The summed E-state index contributed by atoms with van der Waals surface area (Å²) in [5, 5.41) is 9.03. The number of hydrogen-bond donors (Lipinski definition) is 1. The highest BCUT2D eigenvalue weighted by atomic mass is 32.2. The fourth-order valence-electron chi connectivity index (χ4n) is 2.39. The zero-order chi connectivity index (χ0) is 14.8. The lowest BCUT2D eigenvalue weighted by atomic mass is 10.4. The molecular formula is C12H22N4O3S. The van der Waals surface area contributed by atoms with E-state index in [0.29, 0.717) is 45.1 Å². The summed E-state index contributed by atoms with van der Waals surface area (Å²) in [6.07, 6.45) is 1.60. The number of imidazole rings is 1. The Morgan fingerprint density at radius 1 is 1.30 bits per heavy atom. The Hall–Kier alpha value is -0.960. The van der Waals surface area contributed by atoms with Crippen LogP contribution in [0.25, 0.3) is 0 Å². The molecule has 0 atom stereocenters. The van der Waals surface area contributed by atoms with Gasteiger partial charge in [0.1, 0.15) is 5.82 Å². The van der Waals surface area contributed by atoms with Crippen molar-refractivity contribution in [2.75, 3.05) is 39.3 Å². The summed E-state index contributed by atoms with van der Waals surface area (Å²) in [7, 11) is -3.50. The number of aromatic nitrogens is 2. The van der Waals surface area contributed by atoms with E-state index in [-0.39, 0.29) is 11.6 Å². The largest absolute Gasteiger partial charge is 0.395 e. The molecule has 0 amide bonds. The van der Waals surface area contributed by atoms with Crippen molar-refractivity contribution in [2.45, 2.75) is 25.4 Å². The van der Waals surface area contributed by atoms with Crippen LogP contribution in [0.5, 0.6) is 0 Å². The van der Waals surface area contributed by atoms with E-state index in [1.165, 1.54) is 4.31 Å². The maximum atomic E-state index is 12.5. The molecule has 0 unspecified atom stereocenters. The third-order valence-electron chi connectivity index (χ3n) is 3.65. The van der Waals surface area contributed by atoms with Gasteiger partial charge in [-0.3, -0.25) is 4.90 Å². The van der Waals surface area contributed by atoms with Gasteiger partial charge in [-0.2, -0.15) is 4.31 Å². The smallest absolute Gasteiger partial charge is 0.262 e. The van der Waals surface area contributed by atoms with E-state index in [2.05, 4.69) is 9.88 Å². The van der Waals surface area contributed by atoms with Crippen LogP contribution in [0.4, 0.5) is 0 Å². The van der Waals surface area contributed by atoms with Crippen LogP contribution in [0, 0.1) is 6.92 Å². The summed E-state index contributed by atoms with van der Waals surface area (Å²) in [6, 6.07) is 0. The highest BCUT2D eigenvalue weighted by Crippen LogP contribution is 2.17. The van der Waals surface area contributed by atoms with Gasteiger partial charge >= 0.3 is 0 Å². The number of hydrogen-bond acceptors (Lipinski definition) is 5. The van der Waals surface area contributed by atoms with Crippen LogP contribution in [-0.2, 0) is 16.6 Å². The second kappa shape index (κ2) is 6.21. The molecule has 0 spiro atoms. The van der Waals surface area contributed by atoms with Gasteiger partial charge in [0, 0.05) is 45.5 Å². The molecule has 1 aromatic heterocycles. The van der Waals surface area contributed by atoms with Gasteiger partial charge in [0.05, 0.1) is 6.61 Å². The molecule has 0 aromatic carbocycles. The first kappa shape index (κ1) is 15.4. The predicted octanol–water partition coefficient (Wildman–Crippen LogP) is -0.490. The van der Waals surface area contributed by atoms with E-state index in [1.807, 2.05) is 18.4 Å². The minimum atomic E-state index is -3.50. The third kappa shape index (κ3) is 3.03. The Kier molecular flexibility index (Phi) is 4.79. The lowest BCUT2D eigenvalue weighted by Gasteiger charge is -2.33. The minimum Gasteiger partial charge on any atom is -0.395 e. The minimum absolute atomic E-state index is 0.104. The summed E-state index contributed by atoms with van der Waals surface area (Å²) in [5.74, 6) is 0.713. The van der Waals surface area contributed by atoms with Gasteiger partial charge in [-0.05, 0) is 13.8 Å². The predicted molar refractivity (Wildman–Crippen MR) is 74.9 cm³/mol. The van der Waals surface area contributed by atoms with Crippen LogP contribution >= 0.6 is 0 Å². The van der Waals surface area contributed by atoms with Gasteiger partial charge in [-0.15, -0.1) is 0 Å². The van der Waals surface area contributed by atoms with Crippen LogP contribution in [0.15, 0.2) is 11.2 Å². The molecule has 1 N–H and O–H groups in total. The third-order valence-corrected chi connectivity index (χ3v) is 5.42. The van der Waals surface area contributed by atoms with Crippen molar-refractivity contribution >= 4 is 10.0 Å². The zero-order valence-corrected chi connectivity index (χ0v) is 12.8. The highest BCUT2D eigenvalue weighted by Gasteiger charge is 2.30. The van der Waals surface area contributed by atoms with Gasteiger partial charge in [-0.1, -0.05) is 0 Å². The molecule has 1 aliphatic heterocycles. The number of aryl methyl sites for hydroxylation is 2. The van der Waals surface area contributed by atoms with Gasteiger partial charge in [0.2, 0.25) is 0 Å². The molecule has 1 fully saturated rings. The molecule has 0 radical (unpaired) electrons. The van der Waals surface area contributed by atoms with E-state index in [1.54, 1.807) is 6.20 Å². The first-order chi connectivity index (χ1) is 9.48. The molecule has 1 aromatic rings. The van der Waals surface area contributed by atoms with Crippen LogP contribution in [0.3, 0.4) is 0 Å².